The normalized spacial score (nSPS) is 18.7. The second kappa shape index (κ2) is 6.55. The first kappa shape index (κ1) is 14.6. The number of carbonyl (C=O) groups is 1. The molecule has 0 saturated heterocycles. The third-order valence-corrected chi connectivity index (χ3v) is 4.12. The molecule has 1 aliphatic carbocycles. The third-order valence-electron chi connectivity index (χ3n) is 4.12. The molecule has 0 heterocycles. The van der Waals surface area contributed by atoms with E-state index in [2.05, 4.69) is 0 Å². The Labute approximate surface area is 119 Å². The van der Waals surface area contributed by atoms with E-state index in [4.69, 9.17) is 5.11 Å². The van der Waals surface area contributed by atoms with Gasteiger partial charge in [-0.2, -0.15) is 0 Å². The van der Waals surface area contributed by atoms with E-state index in [0.29, 0.717) is 6.42 Å². The molecule has 4 nitrogen and oxygen atoms in total. The van der Waals surface area contributed by atoms with Crippen LogP contribution in [0.3, 0.4) is 0 Å². The van der Waals surface area contributed by atoms with E-state index in [1.54, 1.807) is 6.21 Å². The highest BCUT2D eigenvalue weighted by atomic mass is 16.5. The molecule has 1 saturated carbocycles. The Kier molecular flexibility index (Phi) is 4.77. The fourth-order valence-electron chi connectivity index (χ4n) is 2.94. The predicted octanol–water partition coefficient (Wildman–Crippen LogP) is 3.18. The minimum Gasteiger partial charge on any atom is -0.623 e. The van der Waals surface area contributed by atoms with Crippen LogP contribution < -0.4 is 0 Å². The standard InChI is InChI=1S/C16H21NO3/c18-15(19)9-12-16(10-5-2-6-11-16)17(20)13-14-7-3-1-4-8-14/h1,3-4,7-8,13H,2,5-6,9-12H2,(H,18,19)/b17-13-. The molecule has 0 radical (unpaired) electrons. The van der Waals surface area contributed by atoms with Gasteiger partial charge in [0.2, 0.25) is 0 Å². The average Bonchev–Trinajstić information content (AvgIpc) is 2.47. The molecule has 0 unspecified atom stereocenters. The Morgan fingerprint density at radius 3 is 2.50 bits per heavy atom. The van der Waals surface area contributed by atoms with Crippen LogP contribution in [0.25, 0.3) is 0 Å². The van der Waals surface area contributed by atoms with Gasteiger partial charge in [0.25, 0.3) is 0 Å². The minimum absolute atomic E-state index is 0.0569. The number of hydrogen-bond donors (Lipinski definition) is 1. The smallest absolute Gasteiger partial charge is 0.303 e. The zero-order valence-corrected chi connectivity index (χ0v) is 11.6. The summed E-state index contributed by atoms with van der Waals surface area (Å²) in [4.78, 5) is 10.8. The van der Waals surface area contributed by atoms with Gasteiger partial charge in [-0.15, -0.1) is 0 Å². The largest absolute Gasteiger partial charge is 0.623 e. The lowest BCUT2D eigenvalue weighted by atomic mass is 9.78. The van der Waals surface area contributed by atoms with E-state index in [-0.39, 0.29) is 6.42 Å². The lowest BCUT2D eigenvalue weighted by Crippen LogP contribution is -2.42. The molecule has 0 bridgehead atoms. The summed E-state index contributed by atoms with van der Waals surface area (Å²) in [5.41, 5.74) is 0.328. The van der Waals surface area contributed by atoms with E-state index in [9.17, 15) is 10.0 Å². The van der Waals surface area contributed by atoms with Crippen molar-refractivity contribution in [2.24, 2.45) is 0 Å². The van der Waals surface area contributed by atoms with Crippen LogP contribution in [0, 0.1) is 5.21 Å². The van der Waals surface area contributed by atoms with Crippen molar-refractivity contribution in [1.29, 1.82) is 0 Å². The zero-order chi connectivity index (χ0) is 14.4. The van der Waals surface area contributed by atoms with Crippen LogP contribution in [0.5, 0.6) is 0 Å². The van der Waals surface area contributed by atoms with E-state index in [1.807, 2.05) is 30.3 Å². The van der Waals surface area contributed by atoms with Crippen LogP contribution in [-0.4, -0.2) is 27.6 Å². The highest BCUT2D eigenvalue weighted by molar-refractivity contribution is 5.75. The second-order valence-corrected chi connectivity index (χ2v) is 5.54. The van der Waals surface area contributed by atoms with Gasteiger partial charge in [-0.05, 0) is 25.0 Å². The monoisotopic (exact) mass is 275 g/mol. The van der Waals surface area contributed by atoms with E-state index in [1.165, 1.54) is 0 Å². The number of nitrogens with zero attached hydrogens (tertiary/aromatic N) is 1. The van der Waals surface area contributed by atoms with Gasteiger partial charge >= 0.3 is 5.97 Å². The predicted molar refractivity (Wildman–Crippen MR) is 77.9 cm³/mol. The van der Waals surface area contributed by atoms with Gasteiger partial charge in [-0.3, -0.25) is 4.79 Å². The first-order chi connectivity index (χ1) is 9.62. The maximum absolute atomic E-state index is 12.6. The number of carboxylic acid groups (broad SMARTS) is 1. The molecular weight excluding hydrogens is 254 g/mol. The Morgan fingerprint density at radius 1 is 1.25 bits per heavy atom. The molecule has 0 aromatic heterocycles. The Bertz CT molecular complexity index is 476. The molecule has 1 fully saturated rings. The first-order valence-electron chi connectivity index (χ1n) is 7.21. The third kappa shape index (κ3) is 3.59. The van der Waals surface area contributed by atoms with Crippen molar-refractivity contribution in [3.8, 4) is 0 Å². The molecule has 1 N–H and O–H groups in total. The zero-order valence-electron chi connectivity index (χ0n) is 11.6. The molecule has 0 spiro atoms. The topological polar surface area (TPSA) is 63.4 Å². The summed E-state index contributed by atoms with van der Waals surface area (Å²) in [5.74, 6) is -0.831. The summed E-state index contributed by atoms with van der Waals surface area (Å²) in [5, 5.41) is 21.5. The maximum atomic E-state index is 12.6. The van der Waals surface area contributed by atoms with Crippen molar-refractivity contribution in [1.82, 2.24) is 0 Å². The SMILES string of the molecule is O=C(O)CCC1(/[N+]([O-])=C/c2ccccc2)CCCCC1. The molecule has 20 heavy (non-hydrogen) atoms. The second-order valence-electron chi connectivity index (χ2n) is 5.54. The number of hydrogen-bond acceptors (Lipinski definition) is 2. The number of benzene rings is 1. The summed E-state index contributed by atoms with van der Waals surface area (Å²) < 4.78 is 1.02. The van der Waals surface area contributed by atoms with Crippen LogP contribution in [0.4, 0.5) is 0 Å². The van der Waals surface area contributed by atoms with Gasteiger partial charge in [0.05, 0.1) is 6.42 Å². The van der Waals surface area contributed by atoms with E-state index in [0.717, 1.165) is 42.4 Å². The number of aliphatic carboxylic acids is 1. The summed E-state index contributed by atoms with van der Waals surface area (Å²) in [7, 11) is 0. The lowest BCUT2D eigenvalue weighted by Gasteiger charge is -2.34. The lowest BCUT2D eigenvalue weighted by molar-refractivity contribution is -0.552. The van der Waals surface area contributed by atoms with Crippen molar-refractivity contribution in [2.45, 2.75) is 50.5 Å². The van der Waals surface area contributed by atoms with Crippen LogP contribution in [0.1, 0.15) is 50.5 Å². The Hall–Kier alpha value is -1.84. The molecule has 2 rings (SSSR count). The van der Waals surface area contributed by atoms with Gasteiger partial charge < -0.3 is 10.3 Å². The van der Waals surface area contributed by atoms with Gasteiger partial charge in [0, 0.05) is 24.8 Å². The molecule has 1 aliphatic rings. The molecule has 0 aliphatic heterocycles. The van der Waals surface area contributed by atoms with E-state index < -0.39 is 11.5 Å². The maximum Gasteiger partial charge on any atom is 0.303 e. The van der Waals surface area contributed by atoms with Crippen LogP contribution >= 0.6 is 0 Å². The van der Waals surface area contributed by atoms with Crippen LogP contribution in [0.2, 0.25) is 0 Å². The van der Waals surface area contributed by atoms with Crippen molar-refractivity contribution >= 4 is 12.2 Å². The first-order valence-corrected chi connectivity index (χ1v) is 7.21. The number of carboxylic acids is 1. The highest BCUT2D eigenvalue weighted by Crippen LogP contribution is 2.35. The Balaban J connectivity index is 2.21. The van der Waals surface area contributed by atoms with E-state index >= 15 is 0 Å². The molecule has 0 amide bonds. The van der Waals surface area contributed by atoms with Gasteiger partial charge in [0.1, 0.15) is 0 Å². The fourth-order valence-corrected chi connectivity index (χ4v) is 2.94. The summed E-state index contributed by atoms with van der Waals surface area (Å²) in [6, 6.07) is 9.47. The molecule has 1 aromatic rings. The van der Waals surface area contributed by atoms with Crippen molar-refractivity contribution < 1.29 is 14.6 Å². The Morgan fingerprint density at radius 2 is 1.90 bits per heavy atom. The minimum atomic E-state index is -0.831. The molecule has 0 atom stereocenters. The summed E-state index contributed by atoms with van der Waals surface area (Å²) >= 11 is 0. The molecule has 108 valence electrons. The van der Waals surface area contributed by atoms with Gasteiger partial charge in [-0.25, -0.2) is 4.74 Å². The van der Waals surface area contributed by atoms with Gasteiger partial charge in [0.15, 0.2) is 11.8 Å². The average molecular weight is 275 g/mol. The summed E-state index contributed by atoms with van der Waals surface area (Å²) in [6.07, 6.45) is 6.79. The van der Waals surface area contributed by atoms with Crippen molar-refractivity contribution in [2.75, 3.05) is 0 Å². The van der Waals surface area contributed by atoms with Crippen LogP contribution in [0.15, 0.2) is 30.3 Å². The number of rotatable bonds is 5. The highest BCUT2D eigenvalue weighted by Gasteiger charge is 2.40. The van der Waals surface area contributed by atoms with Crippen LogP contribution in [-0.2, 0) is 4.79 Å². The van der Waals surface area contributed by atoms with Gasteiger partial charge in [-0.1, -0.05) is 24.6 Å². The quantitative estimate of drug-likeness (QED) is 0.388. The molecule has 1 aromatic carbocycles. The summed E-state index contributed by atoms with van der Waals surface area (Å²) in [6.45, 7) is 0. The molecule has 4 heteroatoms. The van der Waals surface area contributed by atoms with Crippen molar-refractivity contribution in [3.05, 3.63) is 41.1 Å². The number of hydroxylamine groups is 1. The van der Waals surface area contributed by atoms with Crippen molar-refractivity contribution in [3.63, 3.8) is 0 Å². The fraction of sp³-hybridized carbons (Fsp3) is 0.500. The molecular formula is C16H21NO3.